The first-order chi connectivity index (χ1) is 7.59. The van der Waals surface area contributed by atoms with Crippen molar-refractivity contribution in [1.29, 1.82) is 0 Å². The van der Waals surface area contributed by atoms with E-state index in [2.05, 4.69) is 13.5 Å². The zero-order chi connectivity index (χ0) is 11.4. The molecule has 1 spiro atoms. The molecule has 2 saturated carbocycles. The van der Waals surface area contributed by atoms with E-state index in [4.69, 9.17) is 9.47 Å². The molecule has 0 amide bonds. The summed E-state index contributed by atoms with van der Waals surface area (Å²) in [5.41, 5.74) is 1.00. The van der Waals surface area contributed by atoms with E-state index >= 15 is 0 Å². The Balaban J connectivity index is 1.96. The van der Waals surface area contributed by atoms with Gasteiger partial charge in [0.2, 0.25) is 0 Å². The SMILES string of the molecule is C=C1[C@H](O)CC[C@]2(C)[C@@H]1CCC21OCCO1. The number of fused-ring (bicyclic) bond motifs is 2. The van der Waals surface area contributed by atoms with Crippen molar-refractivity contribution in [3.05, 3.63) is 12.2 Å². The van der Waals surface area contributed by atoms with Gasteiger partial charge in [-0.2, -0.15) is 0 Å². The number of aliphatic hydroxyl groups excluding tert-OH is 1. The lowest BCUT2D eigenvalue weighted by molar-refractivity contribution is -0.229. The summed E-state index contributed by atoms with van der Waals surface area (Å²) in [6.45, 7) is 7.73. The Bertz CT molecular complexity index is 319. The predicted molar refractivity (Wildman–Crippen MR) is 59.8 cm³/mol. The Kier molecular flexibility index (Phi) is 2.23. The third kappa shape index (κ3) is 1.14. The molecule has 2 aliphatic carbocycles. The van der Waals surface area contributed by atoms with E-state index in [9.17, 15) is 5.11 Å². The van der Waals surface area contributed by atoms with Crippen LogP contribution in [0.15, 0.2) is 12.2 Å². The minimum Gasteiger partial charge on any atom is -0.389 e. The van der Waals surface area contributed by atoms with Gasteiger partial charge in [0.15, 0.2) is 5.79 Å². The van der Waals surface area contributed by atoms with Gasteiger partial charge in [-0.3, -0.25) is 0 Å². The normalized spacial score (nSPS) is 46.2. The highest BCUT2D eigenvalue weighted by atomic mass is 16.7. The molecule has 3 heteroatoms. The zero-order valence-corrected chi connectivity index (χ0v) is 9.87. The lowest BCUT2D eigenvalue weighted by Crippen LogP contribution is -2.49. The molecule has 0 aromatic heterocycles. The summed E-state index contributed by atoms with van der Waals surface area (Å²) in [5.74, 6) is -0.0323. The fraction of sp³-hybridized carbons (Fsp3) is 0.846. The molecule has 0 aromatic rings. The molecule has 0 radical (unpaired) electrons. The molecule has 1 heterocycles. The quantitative estimate of drug-likeness (QED) is 0.638. The van der Waals surface area contributed by atoms with E-state index in [-0.39, 0.29) is 17.3 Å². The van der Waals surface area contributed by atoms with Gasteiger partial charge < -0.3 is 14.6 Å². The maximum absolute atomic E-state index is 9.89. The van der Waals surface area contributed by atoms with Crippen LogP contribution in [0.5, 0.6) is 0 Å². The summed E-state index contributed by atoms with van der Waals surface area (Å²) >= 11 is 0. The highest BCUT2D eigenvalue weighted by molar-refractivity contribution is 5.22. The lowest BCUT2D eigenvalue weighted by Gasteiger charge is -2.47. The van der Waals surface area contributed by atoms with Crippen LogP contribution >= 0.6 is 0 Å². The molecule has 3 rings (SSSR count). The van der Waals surface area contributed by atoms with Gasteiger partial charge in [0, 0.05) is 11.8 Å². The first kappa shape index (κ1) is 10.8. The minimum atomic E-state index is -0.388. The van der Waals surface area contributed by atoms with Crippen LogP contribution in [0.2, 0.25) is 0 Å². The average molecular weight is 224 g/mol. The van der Waals surface area contributed by atoms with Crippen LogP contribution in [0.1, 0.15) is 32.6 Å². The van der Waals surface area contributed by atoms with Crippen molar-refractivity contribution >= 4 is 0 Å². The Morgan fingerprint density at radius 2 is 1.94 bits per heavy atom. The number of ether oxygens (including phenoxy) is 2. The van der Waals surface area contributed by atoms with Crippen molar-refractivity contribution in [3.63, 3.8) is 0 Å². The molecule has 0 bridgehead atoms. The molecule has 3 atom stereocenters. The Morgan fingerprint density at radius 3 is 2.62 bits per heavy atom. The second-order valence-electron chi connectivity index (χ2n) is 5.59. The lowest BCUT2D eigenvalue weighted by atomic mass is 9.64. The Morgan fingerprint density at radius 1 is 1.25 bits per heavy atom. The highest BCUT2D eigenvalue weighted by Gasteiger charge is 2.63. The van der Waals surface area contributed by atoms with Crippen LogP contribution in [0.3, 0.4) is 0 Å². The van der Waals surface area contributed by atoms with Gasteiger partial charge in [-0.25, -0.2) is 0 Å². The van der Waals surface area contributed by atoms with E-state index in [0.29, 0.717) is 19.1 Å². The maximum atomic E-state index is 9.89. The van der Waals surface area contributed by atoms with Gasteiger partial charge in [-0.05, 0) is 30.8 Å². The van der Waals surface area contributed by atoms with Crippen molar-refractivity contribution in [2.45, 2.75) is 44.5 Å². The van der Waals surface area contributed by atoms with E-state index in [1.807, 2.05) is 0 Å². The summed E-state index contributed by atoms with van der Waals surface area (Å²) in [7, 11) is 0. The topological polar surface area (TPSA) is 38.7 Å². The Labute approximate surface area is 96.4 Å². The number of hydrogen-bond acceptors (Lipinski definition) is 3. The standard InChI is InChI=1S/C13H20O3/c1-9-10-3-6-13(15-7-8-16-13)12(10,2)5-4-11(9)14/h10-11,14H,1,3-8H2,2H3/t10-,11-,12-/m1/s1. The fourth-order valence-corrected chi connectivity index (χ4v) is 3.95. The molecule has 3 fully saturated rings. The molecule has 16 heavy (non-hydrogen) atoms. The average Bonchev–Trinajstić information content (AvgIpc) is 2.84. The number of aliphatic hydroxyl groups is 1. The van der Waals surface area contributed by atoms with Gasteiger partial charge in [0.25, 0.3) is 0 Å². The first-order valence-corrected chi connectivity index (χ1v) is 6.24. The van der Waals surface area contributed by atoms with Crippen molar-refractivity contribution in [2.24, 2.45) is 11.3 Å². The van der Waals surface area contributed by atoms with E-state index in [1.165, 1.54) is 0 Å². The van der Waals surface area contributed by atoms with Gasteiger partial charge >= 0.3 is 0 Å². The van der Waals surface area contributed by atoms with Crippen LogP contribution in [0.4, 0.5) is 0 Å². The van der Waals surface area contributed by atoms with Gasteiger partial charge in [-0.1, -0.05) is 13.5 Å². The third-order valence-electron chi connectivity index (χ3n) is 4.97. The van der Waals surface area contributed by atoms with Gasteiger partial charge in [-0.15, -0.1) is 0 Å². The molecule has 1 saturated heterocycles. The van der Waals surface area contributed by atoms with Crippen LogP contribution in [0.25, 0.3) is 0 Å². The fourth-order valence-electron chi connectivity index (χ4n) is 3.95. The summed E-state index contributed by atoms with van der Waals surface area (Å²) in [5, 5.41) is 9.89. The highest BCUT2D eigenvalue weighted by Crippen LogP contribution is 2.61. The van der Waals surface area contributed by atoms with Gasteiger partial charge in [0.05, 0.1) is 19.3 Å². The number of rotatable bonds is 0. The first-order valence-electron chi connectivity index (χ1n) is 6.24. The smallest absolute Gasteiger partial charge is 0.174 e. The molecule has 3 aliphatic rings. The van der Waals surface area contributed by atoms with Crippen LogP contribution in [0, 0.1) is 11.3 Å². The van der Waals surface area contributed by atoms with Crippen molar-refractivity contribution < 1.29 is 14.6 Å². The van der Waals surface area contributed by atoms with Crippen LogP contribution in [-0.2, 0) is 9.47 Å². The second kappa shape index (κ2) is 3.31. The van der Waals surface area contributed by atoms with Gasteiger partial charge in [0.1, 0.15) is 0 Å². The van der Waals surface area contributed by atoms with E-state index < -0.39 is 0 Å². The summed E-state index contributed by atoms with van der Waals surface area (Å²) in [6, 6.07) is 0. The van der Waals surface area contributed by atoms with E-state index in [0.717, 1.165) is 31.3 Å². The molecular weight excluding hydrogens is 204 g/mol. The summed E-state index contributed by atoms with van der Waals surface area (Å²) in [6.07, 6.45) is 3.42. The summed E-state index contributed by atoms with van der Waals surface area (Å²) < 4.78 is 11.8. The molecule has 90 valence electrons. The molecule has 0 unspecified atom stereocenters. The summed E-state index contributed by atoms with van der Waals surface area (Å²) in [4.78, 5) is 0. The van der Waals surface area contributed by atoms with Crippen molar-refractivity contribution in [2.75, 3.05) is 13.2 Å². The predicted octanol–water partition coefficient (Wildman–Crippen LogP) is 1.86. The van der Waals surface area contributed by atoms with Crippen molar-refractivity contribution in [1.82, 2.24) is 0 Å². The molecule has 1 aliphatic heterocycles. The molecule has 1 N–H and O–H groups in total. The maximum Gasteiger partial charge on any atom is 0.174 e. The zero-order valence-electron chi connectivity index (χ0n) is 9.87. The van der Waals surface area contributed by atoms with Crippen molar-refractivity contribution in [3.8, 4) is 0 Å². The molecule has 3 nitrogen and oxygen atoms in total. The largest absolute Gasteiger partial charge is 0.389 e. The van der Waals surface area contributed by atoms with Crippen LogP contribution < -0.4 is 0 Å². The second-order valence-corrected chi connectivity index (χ2v) is 5.59. The molecular formula is C13H20O3. The molecule has 0 aromatic carbocycles. The van der Waals surface area contributed by atoms with Crippen LogP contribution in [-0.4, -0.2) is 30.2 Å². The monoisotopic (exact) mass is 224 g/mol. The minimum absolute atomic E-state index is 0.0137. The van der Waals surface area contributed by atoms with E-state index in [1.54, 1.807) is 0 Å². The number of hydrogen-bond donors (Lipinski definition) is 1. The Hall–Kier alpha value is -0.380. The third-order valence-corrected chi connectivity index (χ3v) is 4.97.